The summed E-state index contributed by atoms with van der Waals surface area (Å²) >= 11 is 0. The number of benzene rings is 1. The lowest BCUT2D eigenvalue weighted by molar-refractivity contribution is 0.120. The maximum atomic E-state index is 12.9. The minimum absolute atomic E-state index is 0.267. The minimum atomic E-state index is -0.301. The quantitative estimate of drug-likeness (QED) is 0.869. The number of hydrogen-bond acceptors (Lipinski definition) is 3. The van der Waals surface area contributed by atoms with E-state index >= 15 is 0 Å². The van der Waals surface area contributed by atoms with Gasteiger partial charge in [0.2, 0.25) is 0 Å². The SMILES string of the molecule is C[C@@H]1CN[C@@H](C)CN1C(C#N)c1ccc(F)cc1. The predicted octanol–water partition coefficient (Wildman–Crippen LogP) is 2.07. The molecular formula is C14H18FN3. The van der Waals surface area contributed by atoms with Crippen LogP contribution in [0.25, 0.3) is 0 Å². The fraction of sp³-hybridized carbons (Fsp3) is 0.500. The Hall–Kier alpha value is -1.44. The monoisotopic (exact) mass is 247 g/mol. The van der Waals surface area contributed by atoms with Crippen LogP contribution in [0.3, 0.4) is 0 Å². The summed E-state index contributed by atoms with van der Waals surface area (Å²) in [6, 6.07) is 8.93. The Kier molecular flexibility index (Phi) is 3.95. The van der Waals surface area contributed by atoms with Crippen LogP contribution < -0.4 is 5.32 Å². The molecule has 0 bridgehead atoms. The lowest BCUT2D eigenvalue weighted by Gasteiger charge is -2.40. The van der Waals surface area contributed by atoms with Gasteiger partial charge in [0.05, 0.1) is 6.07 Å². The highest BCUT2D eigenvalue weighted by molar-refractivity contribution is 5.25. The van der Waals surface area contributed by atoms with E-state index in [-0.39, 0.29) is 11.9 Å². The number of nitrogens with zero attached hydrogens (tertiary/aromatic N) is 2. The van der Waals surface area contributed by atoms with Gasteiger partial charge in [-0.1, -0.05) is 12.1 Å². The molecule has 1 unspecified atom stereocenters. The molecule has 0 saturated carbocycles. The molecule has 1 heterocycles. The Balaban J connectivity index is 2.22. The van der Waals surface area contributed by atoms with Crippen LogP contribution in [0.5, 0.6) is 0 Å². The molecule has 0 radical (unpaired) electrons. The molecule has 0 spiro atoms. The van der Waals surface area contributed by atoms with Crippen molar-refractivity contribution in [2.75, 3.05) is 13.1 Å². The number of rotatable bonds is 2. The molecular weight excluding hydrogens is 229 g/mol. The zero-order valence-electron chi connectivity index (χ0n) is 10.7. The smallest absolute Gasteiger partial charge is 0.124 e. The summed E-state index contributed by atoms with van der Waals surface area (Å²) in [6.07, 6.45) is 0. The first-order chi connectivity index (χ1) is 8.61. The van der Waals surface area contributed by atoms with E-state index in [1.54, 1.807) is 12.1 Å². The Morgan fingerprint density at radius 2 is 2.06 bits per heavy atom. The zero-order chi connectivity index (χ0) is 13.1. The first kappa shape index (κ1) is 13.0. The van der Waals surface area contributed by atoms with Gasteiger partial charge in [-0.05, 0) is 31.5 Å². The topological polar surface area (TPSA) is 39.1 Å². The summed E-state index contributed by atoms with van der Waals surface area (Å²) in [7, 11) is 0. The van der Waals surface area contributed by atoms with Gasteiger partial charge in [0, 0.05) is 25.2 Å². The van der Waals surface area contributed by atoms with Crippen LogP contribution in [0.15, 0.2) is 24.3 Å². The van der Waals surface area contributed by atoms with Crippen molar-refractivity contribution in [2.45, 2.75) is 32.0 Å². The molecule has 0 aromatic heterocycles. The van der Waals surface area contributed by atoms with Crippen LogP contribution in [0.4, 0.5) is 4.39 Å². The van der Waals surface area contributed by atoms with Gasteiger partial charge in [-0.2, -0.15) is 5.26 Å². The van der Waals surface area contributed by atoms with E-state index in [1.807, 2.05) is 0 Å². The Morgan fingerprint density at radius 1 is 1.39 bits per heavy atom. The Labute approximate surface area is 107 Å². The van der Waals surface area contributed by atoms with E-state index in [2.05, 4.69) is 30.1 Å². The van der Waals surface area contributed by atoms with Gasteiger partial charge in [-0.3, -0.25) is 4.90 Å². The van der Waals surface area contributed by atoms with Crippen LogP contribution in [0, 0.1) is 17.1 Å². The first-order valence-corrected chi connectivity index (χ1v) is 6.26. The van der Waals surface area contributed by atoms with E-state index in [0.29, 0.717) is 12.1 Å². The third kappa shape index (κ3) is 2.69. The van der Waals surface area contributed by atoms with Crippen LogP contribution in [0.2, 0.25) is 0 Å². The van der Waals surface area contributed by atoms with Crippen LogP contribution in [0.1, 0.15) is 25.5 Å². The molecule has 1 aromatic rings. The second kappa shape index (κ2) is 5.47. The van der Waals surface area contributed by atoms with Crippen LogP contribution >= 0.6 is 0 Å². The fourth-order valence-electron chi connectivity index (χ4n) is 2.39. The second-order valence-electron chi connectivity index (χ2n) is 4.94. The van der Waals surface area contributed by atoms with Gasteiger partial charge in [0.15, 0.2) is 0 Å². The molecule has 3 nitrogen and oxygen atoms in total. The number of hydrogen-bond donors (Lipinski definition) is 1. The highest BCUT2D eigenvalue weighted by Crippen LogP contribution is 2.24. The fourth-order valence-corrected chi connectivity index (χ4v) is 2.39. The third-order valence-corrected chi connectivity index (χ3v) is 3.45. The molecule has 1 N–H and O–H groups in total. The van der Waals surface area contributed by atoms with Crippen molar-refractivity contribution in [3.63, 3.8) is 0 Å². The van der Waals surface area contributed by atoms with E-state index in [4.69, 9.17) is 0 Å². The van der Waals surface area contributed by atoms with Crippen molar-refractivity contribution in [1.82, 2.24) is 10.2 Å². The molecule has 1 aliphatic heterocycles. The summed E-state index contributed by atoms with van der Waals surface area (Å²) in [4.78, 5) is 2.18. The predicted molar refractivity (Wildman–Crippen MR) is 68.4 cm³/mol. The Morgan fingerprint density at radius 3 is 2.67 bits per heavy atom. The second-order valence-corrected chi connectivity index (χ2v) is 4.94. The van der Waals surface area contributed by atoms with E-state index < -0.39 is 0 Å². The molecule has 0 aliphatic carbocycles. The normalized spacial score (nSPS) is 26.6. The number of piperazine rings is 1. The summed E-state index contributed by atoms with van der Waals surface area (Å²) in [5.74, 6) is -0.267. The largest absolute Gasteiger partial charge is 0.311 e. The van der Waals surface area contributed by atoms with Crippen LogP contribution in [-0.2, 0) is 0 Å². The molecule has 3 atom stereocenters. The molecule has 96 valence electrons. The number of halogens is 1. The van der Waals surface area contributed by atoms with Gasteiger partial charge in [0.1, 0.15) is 11.9 Å². The summed E-state index contributed by atoms with van der Waals surface area (Å²) in [5.41, 5.74) is 0.861. The lowest BCUT2D eigenvalue weighted by atomic mass is 10.0. The highest BCUT2D eigenvalue weighted by atomic mass is 19.1. The summed E-state index contributed by atoms with van der Waals surface area (Å²) < 4.78 is 12.9. The molecule has 1 saturated heterocycles. The van der Waals surface area contributed by atoms with Gasteiger partial charge in [-0.15, -0.1) is 0 Å². The summed E-state index contributed by atoms with van der Waals surface area (Å²) in [5, 5.41) is 12.8. The molecule has 0 amide bonds. The average molecular weight is 247 g/mol. The number of nitrogens with one attached hydrogen (secondary N) is 1. The van der Waals surface area contributed by atoms with Crippen molar-refractivity contribution in [1.29, 1.82) is 5.26 Å². The molecule has 18 heavy (non-hydrogen) atoms. The van der Waals surface area contributed by atoms with Crippen LogP contribution in [-0.4, -0.2) is 30.1 Å². The highest BCUT2D eigenvalue weighted by Gasteiger charge is 2.29. The van der Waals surface area contributed by atoms with Gasteiger partial charge in [-0.25, -0.2) is 4.39 Å². The van der Waals surface area contributed by atoms with Crippen molar-refractivity contribution in [2.24, 2.45) is 0 Å². The van der Waals surface area contributed by atoms with Gasteiger partial charge in [0.25, 0.3) is 0 Å². The average Bonchev–Trinajstić information content (AvgIpc) is 2.37. The van der Waals surface area contributed by atoms with Crippen molar-refractivity contribution in [3.05, 3.63) is 35.6 Å². The van der Waals surface area contributed by atoms with Crippen molar-refractivity contribution >= 4 is 0 Å². The summed E-state index contributed by atoms with van der Waals surface area (Å²) in [6.45, 7) is 5.92. The van der Waals surface area contributed by atoms with E-state index in [1.165, 1.54) is 12.1 Å². The van der Waals surface area contributed by atoms with Crippen molar-refractivity contribution in [3.8, 4) is 6.07 Å². The molecule has 1 fully saturated rings. The standard InChI is InChI=1S/C14H18FN3/c1-10-9-18(11(2)8-17-10)14(7-16)12-3-5-13(15)6-4-12/h3-6,10-11,14,17H,8-9H2,1-2H3/t10-,11+,14?/m0/s1. The van der Waals surface area contributed by atoms with Crippen molar-refractivity contribution < 1.29 is 4.39 Å². The van der Waals surface area contributed by atoms with E-state index in [0.717, 1.165) is 18.7 Å². The van der Waals surface area contributed by atoms with Gasteiger partial charge >= 0.3 is 0 Å². The minimum Gasteiger partial charge on any atom is -0.311 e. The van der Waals surface area contributed by atoms with Gasteiger partial charge < -0.3 is 5.32 Å². The molecule has 1 aromatic carbocycles. The van der Waals surface area contributed by atoms with E-state index in [9.17, 15) is 9.65 Å². The third-order valence-electron chi connectivity index (χ3n) is 3.45. The molecule has 4 heteroatoms. The molecule has 2 rings (SSSR count). The first-order valence-electron chi connectivity index (χ1n) is 6.26. The maximum absolute atomic E-state index is 12.9. The Bertz CT molecular complexity index is 437. The zero-order valence-corrected chi connectivity index (χ0v) is 10.7. The number of nitriles is 1. The maximum Gasteiger partial charge on any atom is 0.124 e. The lowest BCUT2D eigenvalue weighted by Crippen LogP contribution is -2.55. The molecule has 1 aliphatic rings.